The van der Waals surface area contributed by atoms with Crippen molar-refractivity contribution in [1.29, 1.82) is 0 Å². The lowest BCUT2D eigenvalue weighted by molar-refractivity contribution is -0.154. The smallest absolute Gasteiger partial charge is 0.311 e. The fraction of sp³-hybridized carbons (Fsp3) is 0.333. The van der Waals surface area contributed by atoms with Gasteiger partial charge in [0.1, 0.15) is 0 Å². The number of hydrogen-bond acceptors (Lipinski definition) is 6. The molecule has 1 N–H and O–H groups in total. The minimum absolute atomic E-state index is 0.0347. The van der Waals surface area contributed by atoms with Crippen LogP contribution in [0.1, 0.15) is 18.1 Å². The van der Waals surface area contributed by atoms with Crippen molar-refractivity contribution in [3.63, 3.8) is 0 Å². The van der Waals surface area contributed by atoms with Gasteiger partial charge in [0, 0.05) is 6.54 Å². The Hall–Kier alpha value is -3.22. The monoisotopic (exact) mass is 387 g/mol. The molecule has 0 saturated heterocycles. The summed E-state index contributed by atoms with van der Waals surface area (Å²) < 4.78 is 21.0. The Morgan fingerprint density at radius 3 is 2.07 bits per heavy atom. The third-order valence-electron chi connectivity index (χ3n) is 4.06. The summed E-state index contributed by atoms with van der Waals surface area (Å²) in [6, 6.07) is 12.8. The highest BCUT2D eigenvalue weighted by Crippen LogP contribution is 2.38. The van der Waals surface area contributed by atoms with E-state index in [-0.39, 0.29) is 12.3 Å². The van der Waals surface area contributed by atoms with Crippen molar-refractivity contribution in [2.24, 2.45) is 0 Å². The number of esters is 1. The molecule has 0 aliphatic rings. The van der Waals surface area contributed by atoms with Gasteiger partial charge in [0.05, 0.1) is 27.8 Å². The van der Waals surface area contributed by atoms with Gasteiger partial charge < -0.3 is 24.3 Å². The van der Waals surface area contributed by atoms with Gasteiger partial charge in [0.2, 0.25) is 5.75 Å². The Balaban J connectivity index is 1.94. The number of rotatable bonds is 9. The van der Waals surface area contributed by atoms with Crippen LogP contribution in [0.5, 0.6) is 17.2 Å². The summed E-state index contributed by atoms with van der Waals surface area (Å²) >= 11 is 0. The summed E-state index contributed by atoms with van der Waals surface area (Å²) in [5.41, 5.74) is 1.59. The van der Waals surface area contributed by atoms with E-state index in [1.165, 1.54) is 28.3 Å². The molecule has 1 atom stereocenters. The molecule has 0 aliphatic heterocycles. The summed E-state index contributed by atoms with van der Waals surface area (Å²) in [4.78, 5) is 24.4. The number of amides is 1. The number of benzene rings is 2. The molecule has 0 spiro atoms. The summed E-state index contributed by atoms with van der Waals surface area (Å²) in [5, 5.41) is 2.75. The fourth-order valence-electron chi connectivity index (χ4n) is 2.63. The zero-order valence-electron chi connectivity index (χ0n) is 16.5. The van der Waals surface area contributed by atoms with Gasteiger partial charge in [-0.2, -0.15) is 0 Å². The van der Waals surface area contributed by atoms with Crippen LogP contribution in [0.3, 0.4) is 0 Å². The Morgan fingerprint density at radius 2 is 1.54 bits per heavy atom. The van der Waals surface area contributed by atoms with E-state index in [4.69, 9.17) is 18.9 Å². The van der Waals surface area contributed by atoms with E-state index in [0.717, 1.165) is 5.56 Å². The van der Waals surface area contributed by atoms with E-state index in [1.807, 2.05) is 30.3 Å². The van der Waals surface area contributed by atoms with E-state index in [0.29, 0.717) is 29.4 Å². The molecule has 2 aromatic rings. The molecule has 0 bridgehead atoms. The third-order valence-corrected chi connectivity index (χ3v) is 4.06. The highest BCUT2D eigenvalue weighted by atomic mass is 16.5. The molecule has 2 aromatic carbocycles. The van der Waals surface area contributed by atoms with Crippen LogP contribution in [0.15, 0.2) is 42.5 Å². The maximum absolute atomic E-state index is 12.2. The molecule has 28 heavy (non-hydrogen) atoms. The second-order valence-electron chi connectivity index (χ2n) is 6.05. The summed E-state index contributed by atoms with van der Waals surface area (Å²) in [5.74, 6) is 0.436. The first-order chi connectivity index (χ1) is 13.5. The molecule has 0 heterocycles. The van der Waals surface area contributed by atoms with Crippen LogP contribution in [-0.4, -0.2) is 39.3 Å². The Labute approximate surface area is 164 Å². The number of hydrogen-bond donors (Lipinski definition) is 1. The van der Waals surface area contributed by atoms with Gasteiger partial charge in [-0.25, -0.2) is 0 Å². The van der Waals surface area contributed by atoms with Crippen LogP contribution in [0, 0.1) is 0 Å². The van der Waals surface area contributed by atoms with Crippen LogP contribution in [-0.2, 0) is 27.3 Å². The molecule has 0 unspecified atom stereocenters. The van der Waals surface area contributed by atoms with Gasteiger partial charge in [-0.15, -0.1) is 0 Å². The van der Waals surface area contributed by atoms with Crippen LogP contribution in [0.25, 0.3) is 0 Å². The average Bonchev–Trinajstić information content (AvgIpc) is 2.71. The van der Waals surface area contributed by atoms with E-state index < -0.39 is 12.1 Å². The van der Waals surface area contributed by atoms with Crippen molar-refractivity contribution >= 4 is 11.9 Å². The normalized spacial score (nSPS) is 11.3. The largest absolute Gasteiger partial charge is 0.493 e. The quantitative estimate of drug-likeness (QED) is 0.666. The van der Waals surface area contributed by atoms with E-state index in [2.05, 4.69) is 5.32 Å². The Kier molecular flexibility index (Phi) is 7.68. The van der Waals surface area contributed by atoms with E-state index in [9.17, 15) is 9.59 Å². The molecular weight excluding hydrogens is 362 g/mol. The number of ether oxygens (including phenoxy) is 4. The van der Waals surface area contributed by atoms with Crippen molar-refractivity contribution in [2.75, 3.05) is 21.3 Å². The predicted octanol–water partition coefficient (Wildman–Crippen LogP) is 2.50. The van der Waals surface area contributed by atoms with Gasteiger partial charge in [-0.3, -0.25) is 9.59 Å². The number of nitrogens with one attached hydrogen (secondary N) is 1. The molecule has 0 radical (unpaired) electrons. The van der Waals surface area contributed by atoms with Crippen LogP contribution in [0.2, 0.25) is 0 Å². The molecular formula is C21H25NO6. The van der Waals surface area contributed by atoms with Gasteiger partial charge in [0.25, 0.3) is 5.91 Å². The summed E-state index contributed by atoms with van der Waals surface area (Å²) in [7, 11) is 4.50. The first kappa shape index (κ1) is 21.1. The molecule has 7 nitrogen and oxygen atoms in total. The highest BCUT2D eigenvalue weighted by Gasteiger charge is 2.20. The molecule has 0 aromatic heterocycles. The van der Waals surface area contributed by atoms with Crippen molar-refractivity contribution in [2.45, 2.75) is 26.0 Å². The zero-order chi connectivity index (χ0) is 20.5. The molecule has 0 aliphatic carbocycles. The minimum atomic E-state index is -0.904. The zero-order valence-corrected chi connectivity index (χ0v) is 16.5. The van der Waals surface area contributed by atoms with Crippen molar-refractivity contribution in [1.82, 2.24) is 5.32 Å². The first-order valence-corrected chi connectivity index (χ1v) is 8.78. The SMILES string of the molecule is COc1cc(CC(=O)O[C@H](C)C(=O)NCc2ccccc2)cc(OC)c1OC. The first-order valence-electron chi connectivity index (χ1n) is 8.78. The maximum Gasteiger partial charge on any atom is 0.311 e. The Bertz CT molecular complexity index is 781. The van der Waals surface area contributed by atoms with Crippen LogP contribution in [0.4, 0.5) is 0 Å². The highest BCUT2D eigenvalue weighted by molar-refractivity contribution is 5.84. The predicted molar refractivity (Wildman–Crippen MR) is 104 cm³/mol. The van der Waals surface area contributed by atoms with E-state index in [1.54, 1.807) is 12.1 Å². The Morgan fingerprint density at radius 1 is 0.929 bits per heavy atom. The molecule has 0 fully saturated rings. The maximum atomic E-state index is 12.2. The number of carbonyl (C=O) groups is 2. The minimum Gasteiger partial charge on any atom is -0.493 e. The van der Waals surface area contributed by atoms with Crippen LogP contribution < -0.4 is 19.5 Å². The van der Waals surface area contributed by atoms with Crippen LogP contribution >= 0.6 is 0 Å². The summed E-state index contributed by atoms with van der Waals surface area (Å²) in [6.45, 7) is 1.90. The topological polar surface area (TPSA) is 83.1 Å². The third kappa shape index (κ3) is 5.64. The standard InChI is InChI=1S/C21H25NO6/c1-14(21(24)22-13-15-8-6-5-7-9-15)28-19(23)12-16-10-17(25-2)20(27-4)18(11-16)26-3/h5-11,14H,12-13H2,1-4H3,(H,22,24)/t14-/m1/s1. The summed E-state index contributed by atoms with van der Waals surface area (Å²) in [6.07, 6.45) is -0.939. The van der Waals surface area contributed by atoms with Gasteiger partial charge >= 0.3 is 5.97 Å². The van der Waals surface area contributed by atoms with Gasteiger partial charge in [-0.1, -0.05) is 30.3 Å². The lowest BCUT2D eigenvalue weighted by Gasteiger charge is -2.15. The lowest BCUT2D eigenvalue weighted by atomic mass is 10.1. The molecule has 150 valence electrons. The van der Waals surface area contributed by atoms with Crippen molar-refractivity contribution in [3.8, 4) is 17.2 Å². The lowest BCUT2D eigenvalue weighted by Crippen LogP contribution is -2.35. The number of carbonyl (C=O) groups excluding carboxylic acids is 2. The van der Waals surface area contributed by atoms with Gasteiger partial charge in [0.15, 0.2) is 17.6 Å². The second-order valence-corrected chi connectivity index (χ2v) is 6.05. The number of methoxy groups -OCH3 is 3. The molecule has 2 rings (SSSR count). The van der Waals surface area contributed by atoms with Crippen molar-refractivity contribution in [3.05, 3.63) is 53.6 Å². The van der Waals surface area contributed by atoms with Gasteiger partial charge in [-0.05, 0) is 30.2 Å². The fourth-order valence-corrected chi connectivity index (χ4v) is 2.63. The molecule has 1 amide bonds. The molecule has 7 heteroatoms. The van der Waals surface area contributed by atoms with Crippen molar-refractivity contribution < 1.29 is 28.5 Å². The van der Waals surface area contributed by atoms with E-state index >= 15 is 0 Å². The second kappa shape index (κ2) is 10.2. The average molecular weight is 387 g/mol. The molecule has 0 saturated carbocycles.